The summed E-state index contributed by atoms with van der Waals surface area (Å²) < 4.78 is 6.71. The number of H-pyrrole nitrogens is 1. The van der Waals surface area contributed by atoms with Crippen molar-refractivity contribution in [3.63, 3.8) is 0 Å². The van der Waals surface area contributed by atoms with Gasteiger partial charge in [0.15, 0.2) is 5.65 Å². The highest BCUT2D eigenvalue weighted by molar-refractivity contribution is 5.70. The molecule has 0 saturated heterocycles. The number of nitrogens with two attached hydrogens (primary N) is 1. The molecule has 14 heavy (non-hydrogen) atoms. The van der Waals surface area contributed by atoms with Crippen LogP contribution >= 0.6 is 0 Å². The van der Waals surface area contributed by atoms with Gasteiger partial charge in [-0.15, -0.1) is 14.8 Å². The SMILES string of the molecule is CCOc1nn2nc(CC)[nH]c2c1N. The third-order valence-electron chi connectivity index (χ3n) is 1.97. The van der Waals surface area contributed by atoms with Crippen LogP contribution in [0, 0.1) is 0 Å². The highest BCUT2D eigenvalue weighted by atomic mass is 16.5. The summed E-state index contributed by atoms with van der Waals surface area (Å²) in [5, 5.41) is 8.28. The second-order valence-electron chi connectivity index (χ2n) is 2.92. The number of aryl methyl sites for hydroxylation is 1. The first kappa shape index (κ1) is 8.86. The molecular weight excluding hydrogens is 182 g/mol. The maximum Gasteiger partial charge on any atom is 0.260 e. The van der Waals surface area contributed by atoms with E-state index in [0.717, 1.165) is 12.2 Å². The van der Waals surface area contributed by atoms with Gasteiger partial charge in [0.2, 0.25) is 0 Å². The van der Waals surface area contributed by atoms with Gasteiger partial charge in [-0.05, 0) is 6.92 Å². The minimum Gasteiger partial charge on any atom is -0.475 e. The lowest BCUT2D eigenvalue weighted by molar-refractivity contribution is 0.325. The van der Waals surface area contributed by atoms with E-state index in [1.54, 1.807) is 0 Å². The molecule has 0 aliphatic carbocycles. The number of nitrogens with one attached hydrogen (secondary N) is 1. The highest BCUT2D eigenvalue weighted by Crippen LogP contribution is 2.23. The molecule has 2 heterocycles. The Kier molecular flexibility index (Phi) is 2.03. The van der Waals surface area contributed by atoms with Crippen molar-refractivity contribution in [2.24, 2.45) is 0 Å². The number of nitrogen functional groups attached to an aromatic ring is 1. The van der Waals surface area contributed by atoms with Crippen molar-refractivity contribution in [3.05, 3.63) is 5.82 Å². The smallest absolute Gasteiger partial charge is 0.260 e. The lowest BCUT2D eigenvalue weighted by Crippen LogP contribution is -1.96. The van der Waals surface area contributed by atoms with Gasteiger partial charge in [-0.1, -0.05) is 6.92 Å². The molecule has 0 amide bonds. The number of hydrogen-bond donors (Lipinski definition) is 2. The van der Waals surface area contributed by atoms with E-state index in [0.29, 0.717) is 23.8 Å². The summed E-state index contributed by atoms with van der Waals surface area (Å²) in [6, 6.07) is 0. The third-order valence-corrected chi connectivity index (χ3v) is 1.97. The van der Waals surface area contributed by atoms with Crippen LogP contribution in [0.4, 0.5) is 5.69 Å². The van der Waals surface area contributed by atoms with Gasteiger partial charge in [0.25, 0.3) is 5.88 Å². The van der Waals surface area contributed by atoms with Crippen LogP contribution in [0.2, 0.25) is 0 Å². The first-order valence-corrected chi connectivity index (χ1v) is 4.62. The largest absolute Gasteiger partial charge is 0.475 e. The number of hydrogen-bond acceptors (Lipinski definition) is 4. The first-order chi connectivity index (χ1) is 6.76. The Balaban J connectivity index is 2.49. The number of anilines is 1. The lowest BCUT2D eigenvalue weighted by Gasteiger charge is -1.96. The van der Waals surface area contributed by atoms with E-state index in [9.17, 15) is 0 Å². The second-order valence-corrected chi connectivity index (χ2v) is 2.92. The molecule has 0 aromatic carbocycles. The van der Waals surface area contributed by atoms with E-state index in [2.05, 4.69) is 15.2 Å². The minimum absolute atomic E-state index is 0.439. The van der Waals surface area contributed by atoms with Gasteiger partial charge in [-0.3, -0.25) is 0 Å². The van der Waals surface area contributed by atoms with Crippen molar-refractivity contribution >= 4 is 11.3 Å². The normalized spacial score (nSPS) is 11.0. The van der Waals surface area contributed by atoms with E-state index < -0.39 is 0 Å². The minimum atomic E-state index is 0.439. The summed E-state index contributed by atoms with van der Waals surface area (Å²) in [7, 11) is 0. The van der Waals surface area contributed by atoms with E-state index in [4.69, 9.17) is 10.5 Å². The van der Waals surface area contributed by atoms with Gasteiger partial charge in [-0.25, -0.2) is 0 Å². The van der Waals surface area contributed by atoms with Gasteiger partial charge in [-0.2, -0.15) is 0 Å². The number of aromatic nitrogens is 4. The van der Waals surface area contributed by atoms with Crippen LogP contribution in [0.25, 0.3) is 5.65 Å². The molecule has 0 radical (unpaired) electrons. The molecule has 0 fully saturated rings. The van der Waals surface area contributed by atoms with Crippen molar-refractivity contribution in [1.82, 2.24) is 19.8 Å². The standard InChI is InChI=1S/C8H13N5O/c1-3-5-10-7-6(9)8(14-4-2)12-13(7)11-5/h3-4,9H2,1-2H3,(H,10,11). The van der Waals surface area contributed by atoms with Gasteiger partial charge < -0.3 is 15.5 Å². The fourth-order valence-corrected chi connectivity index (χ4v) is 1.27. The van der Waals surface area contributed by atoms with Gasteiger partial charge in [0.1, 0.15) is 11.5 Å². The Labute approximate surface area is 81.0 Å². The van der Waals surface area contributed by atoms with E-state index in [-0.39, 0.29) is 0 Å². The maximum absolute atomic E-state index is 5.81. The van der Waals surface area contributed by atoms with Crippen LogP contribution in [0.1, 0.15) is 19.7 Å². The first-order valence-electron chi connectivity index (χ1n) is 4.62. The van der Waals surface area contributed by atoms with Crippen LogP contribution in [0.15, 0.2) is 0 Å². The van der Waals surface area contributed by atoms with Crippen molar-refractivity contribution in [2.45, 2.75) is 20.3 Å². The number of nitrogens with zero attached hydrogens (tertiary/aromatic N) is 3. The number of fused-ring (bicyclic) bond motifs is 1. The molecule has 76 valence electrons. The third kappa shape index (κ3) is 1.19. The molecule has 0 saturated carbocycles. The molecule has 2 rings (SSSR count). The zero-order valence-electron chi connectivity index (χ0n) is 8.24. The average molecular weight is 195 g/mol. The summed E-state index contributed by atoms with van der Waals surface area (Å²) in [6.45, 7) is 4.45. The second kappa shape index (κ2) is 3.21. The molecule has 0 unspecified atom stereocenters. The van der Waals surface area contributed by atoms with Crippen molar-refractivity contribution in [3.8, 4) is 5.88 Å². The van der Waals surface area contributed by atoms with Crippen molar-refractivity contribution in [1.29, 1.82) is 0 Å². The Morgan fingerprint density at radius 1 is 1.43 bits per heavy atom. The fraction of sp³-hybridized carbons (Fsp3) is 0.500. The summed E-state index contributed by atoms with van der Waals surface area (Å²) in [5.74, 6) is 1.30. The van der Waals surface area contributed by atoms with E-state index >= 15 is 0 Å². The summed E-state index contributed by atoms with van der Waals surface area (Å²) in [6.07, 6.45) is 0.826. The number of aromatic amines is 1. The monoisotopic (exact) mass is 195 g/mol. The topological polar surface area (TPSA) is 81.2 Å². The predicted octanol–water partition coefficient (Wildman–Crippen LogP) is 0.601. The average Bonchev–Trinajstić information content (AvgIpc) is 2.69. The number of rotatable bonds is 3. The molecule has 0 aliphatic heterocycles. The predicted molar refractivity (Wildman–Crippen MR) is 52.3 cm³/mol. The van der Waals surface area contributed by atoms with Gasteiger partial charge in [0.05, 0.1) is 6.61 Å². The lowest BCUT2D eigenvalue weighted by atomic mass is 10.5. The Morgan fingerprint density at radius 2 is 2.21 bits per heavy atom. The Bertz CT molecular complexity index is 444. The van der Waals surface area contributed by atoms with Crippen LogP contribution in [-0.4, -0.2) is 26.4 Å². The molecule has 0 bridgehead atoms. The van der Waals surface area contributed by atoms with Crippen LogP contribution < -0.4 is 10.5 Å². The van der Waals surface area contributed by atoms with Crippen molar-refractivity contribution < 1.29 is 4.74 Å². The molecule has 2 aromatic rings. The summed E-state index contributed by atoms with van der Waals surface area (Å²) in [5.41, 5.74) is 7.03. The molecule has 6 heteroatoms. The molecule has 6 nitrogen and oxygen atoms in total. The molecular formula is C8H13N5O. The molecule has 0 aliphatic rings. The zero-order chi connectivity index (χ0) is 10.1. The maximum atomic E-state index is 5.81. The van der Waals surface area contributed by atoms with Crippen LogP contribution in [-0.2, 0) is 6.42 Å². The van der Waals surface area contributed by atoms with E-state index in [1.165, 1.54) is 4.63 Å². The fourth-order valence-electron chi connectivity index (χ4n) is 1.27. The highest BCUT2D eigenvalue weighted by Gasteiger charge is 2.13. The van der Waals surface area contributed by atoms with E-state index in [1.807, 2.05) is 13.8 Å². The Morgan fingerprint density at radius 3 is 2.79 bits per heavy atom. The Hall–Kier alpha value is -1.72. The van der Waals surface area contributed by atoms with Crippen LogP contribution in [0.5, 0.6) is 5.88 Å². The molecule has 0 atom stereocenters. The summed E-state index contributed by atoms with van der Waals surface area (Å²) >= 11 is 0. The molecule has 0 spiro atoms. The van der Waals surface area contributed by atoms with Gasteiger partial charge in [0, 0.05) is 6.42 Å². The zero-order valence-corrected chi connectivity index (χ0v) is 8.24. The van der Waals surface area contributed by atoms with Crippen LogP contribution in [0.3, 0.4) is 0 Å². The van der Waals surface area contributed by atoms with Crippen molar-refractivity contribution in [2.75, 3.05) is 12.3 Å². The quantitative estimate of drug-likeness (QED) is 0.751. The molecule has 3 N–H and O–H groups in total. The molecule has 2 aromatic heterocycles. The number of ether oxygens (including phenoxy) is 1. The van der Waals surface area contributed by atoms with Gasteiger partial charge >= 0.3 is 0 Å². The summed E-state index contributed by atoms with van der Waals surface area (Å²) in [4.78, 5) is 3.08.